The van der Waals surface area contributed by atoms with Crippen LogP contribution in [0.3, 0.4) is 0 Å². The van der Waals surface area contributed by atoms with Crippen molar-refractivity contribution >= 4 is 29.2 Å². The highest BCUT2D eigenvalue weighted by Gasteiger charge is 2.38. The SMILES string of the molecule is N#CNC(=NCCc1ccccc1C(F)(F)F)N1CC(N2CCCC2=O)C(c2ccc(Cl)cc2)=N1. The van der Waals surface area contributed by atoms with Crippen molar-refractivity contribution in [3.8, 4) is 6.19 Å². The van der Waals surface area contributed by atoms with Crippen molar-refractivity contribution in [2.75, 3.05) is 19.6 Å². The van der Waals surface area contributed by atoms with Crippen LogP contribution in [0.2, 0.25) is 5.02 Å². The second-order valence-corrected chi connectivity index (χ2v) is 8.56. The fourth-order valence-corrected chi connectivity index (χ4v) is 4.40. The van der Waals surface area contributed by atoms with Crippen LogP contribution < -0.4 is 5.32 Å². The standard InChI is InChI=1S/C24H22ClF3N6O/c25-18-9-7-17(8-10-18)22-20(33-13-3-6-21(33)35)14-34(32-22)23(31-15-29)30-12-11-16-4-1-2-5-19(16)24(26,27)28/h1-2,4-5,7-10,20H,3,6,11-14H2,(H,30,31). The number of hydrogen-bond acceptors (Lipinski definition) is 4. The topological polar surface area (TPSA) is 84.1 Å². The summed E-state index contributed by atoms with van der Waals surface area (Å²) >= 11 is 6.02. The van der Waals surface area contributed by atoms with E-state index in [-0.39, 0.29) is 43.0 Å². The molecule has 2 aliphatic heterocycles. The molecule has 0 bridgehead atoms. The van der Waals surface area contributed by atoms with Gasteiger partial charge in [0.05, 0.1) is 23.9 Å². The maximum absolute atomic E-state index is 13.3. The van der Waals surface area contributed by atoms with E-state index in [1.807, 2.05) is 6.19 Å². The molecule has 0 aliphatic carbocycles. The van der Waals surface area contributed by atoms with E-state index < -0.39 is 11.7 Å². The lowest BCUT2D eigenvalue weighted by molar-refractivity contribution is -0.138. The second-order valence-electron chi connectivity index (χ2n) is 8.13. The average Bonchev–Trinajstić information content (AvgIpc) is 3.45. The fraction of sp³-hybridized carbons (Fsp3) is 0.333. The minimum absolute atomic E-state index is 0.00666. The first-order valence-corrected chi connectivity index (χ1v) is 11.4. The summed E-state index contributed by atoms with van der Waals surface area (Å²) in [4.78, 5) is 18.6. The van der Waals surface area contributed by atoms with Gasteiger partial charge in [0, 0.05) is 30.1 Å². The van der Waals surface area contributed by atoms with Gasteiger partial charge in [0.15, 0.2) is 6.19 Å². The van der Waals surface area contributed by atoms with Crippen LogP contribution in [0, 0.1) is 11.5 Å². The Morgan fingerprint density at radius 2 is 1.97 bits per heavy atom. The third kappa shape index (κ3) is 5.57. The first-order chi connectivity index (χ1) is 16.8. The molecule has 2 aromatic carbocycles. The third-order valence-electron chi connectivity index (χ3n) is 5.89. The van der Waals surface area contributed by atoms with Gasteiger partial charge >= 0.3 is 6.18 Å². The van der Waals surface area contributed by atoms with Crippen molar-refractivity contribution in [3.63, 3.8) is 0 Å². The molecule has 4 rings (SSSR count). The molecular weight excluding hydrogens is 481 g/mol. The zero-order valence-corrected chi connectivity index (χ0v) is 19.4. The van der Waals surface area contributed by atoms with Gasteiger partial charge in [0.1, 0.15) is 0 Å². The Bertz CT molecular complexity index is 1190. The number of hydrogen-bond donors (Lipinski definition) is 1. The van der Waals surface area contributed by atoms with Crippen LogP contribution in [-0.2, 0) is 17.4 Å². The number of likely N-dealkylation sites (tertiary alicyclic amines) is 1. The molecule has 1 N–H and O–H groups in total. The van der Waals surface area contributed by atoms with Crippen molar-refractivity contribution in [2.24, 2.45) is 10.1 Å². The van der Waals surface area contributed by atoms with Gasteiger partial charge in [-0.05, 0) is 36.6 Å². The van der Waals surface area contributed by atoms with Crippen molar-refractivity contribution in [1.82, 2.24) is 15.2 Å². The summed E-state index contributed by atoms with van der Waals surface area (Å²) in [6.45, 7) is 0.861. The van der Waals surface area contributed by atoms with Crippen LogP contribution in [0.4, 0.5) is 13.2 Å². The number of halogens is 4. The minimum atomic E-state index is -4.46. The molecule has 1 fully saturated rings. The summed E-state index contributed by atoms with van der Waals surface area (Å²) < 4.78 is 39.9. The number of nitriles is 1. The number of amides is 1. The molecule has 7 nitrogen and oxygen atoms in total. The molecule has 2 heterocycles. The van der Waals surface area contributed by atoms with Gasteiger partial charge in [-0.1, -0.05) is 41.9 Å². The number of nitrogens with one attached hydrogen (secondary N) is 1. The summed E-state index contributed by atoms with van der Waals surface area (Å²) in [5.41, 5.74) is 0.818. The average molecular weight is 503 g/mol. The Morgan fingerprint density at radius 3 is 2.63 bits per heavy atom. The molecule has 2 aliphatic rings. The lowest BCUT2D eigenvalue weighted by atomic mass is 10.0. The van der Waals surface area contributed by atoms with E-state index in [1.165, 1.54) is 17.1 Å². The van der Waals surface area contributed by atoms with Crippen LogP contribution in [0.15, 0.2) is 58.6 Å². The van der Waals surface area contributed by atoms with E-state index in [0.29, 0.717) is 23.7 Å². The number of alkyl halides is 3. The van der Waals surface area contributed by atoms with Gasteiger partial charge in [0.25, 0.3) is 0 Å². The monoisotopic (exact) mass is 502 g/mol. The summed E-state index contributed by atoms with van der Waals surface area (Å²) in [5, 5.41) is 18.4. The summed E-state index contributed by atoms with van der Waals surface area (Å²) in [6.07, 6.45) is -1.41. The van der Waals surface area contributed by atoms with Gasteiger partial charge in [-0.2, -0.15) is 23.5 Å². The highest BCUT2D eigenvalue weighted by molar-refractivity contribution is 6.30. The molecule has 182 valence electrons. The van der Waals surface area contributed by atoms with Crippen molar-refractivity contribution in [3.05, 3.63) is 70.2 Å². The number of hydrazone groups is 1. The van der Waals surface area contributed by atoms with E-state index in [4.69, 9.17) is 11.6 Å². The number of carbonyl (C=O) groups excluding carboxylic acids is 1. The molecule has 1 atom stereocenters. The molecule has 1 unspecified atom stereocenters. The quantitative estimate of drug-likeness (QED) is 0.289. The van der Waals surface area contributed by atoms with Gasteiger partial charge in [-0.15, -0.1) is 0 Å². The summed E-state index contributed by atoms with van der Waals surface area (Å²) in [7, 11) is 0. The van der Waals surface area contributed by atoms with E-state index in [9.17, 15) is 23.2 Å². The summed E-state index contributed by atoms with van der Waals surface area (Å²) in [6, 6.07) is 12.0. The molecule has 11 heteroatoms. The maximum atomic E-state index is 13.3. The van der Waals surface area contributed by atoms with Crippen molar-refractivity contribution < 1.29 is 18.0 Å². The largest absolute Gasteiger partial charge is 0.416 e. The van der Waals surface area contributed by atoms with Crippen molar-refractivity contribution in [2.45, 2.75) is 31.5 Å². The molecule has 1 saturated heterocycles. The Morgan fingerprint density at radius 1 is 1.23 bits per heavy atom. The Labute approximate surface area is 205 Å². The normalized spacial score (nSPS) is 18.6. The fourth-order valence-electron chi connectivity index (χ4n) is 4.27. The molecule has 2 aromatic rings. The zero-order chi connectivity index (χ0) is 25.0. The Balaban J connectivity index is 1.59. The number of rotatable bonds is 5. The van der Waals surface area contributed by atoms with Crippen LogP contribution in [0.5, 0.6) is 0 Å². The Hall–Kier alpha value is -3.58. The third-order valence-corrected chi connectivity index (χ3v) is 6.15. The molecule has 0 saturated carbocycles. The lowest BCUT2D eigenvalue weighted by Crippen LogP contribution is -2.45. The molecule has 0 radical (unpaired) electrons. The van der Waals surface area contributed by atoms with E-state index in [2.05, 4.69) is 15.4 Å². The molecule has 35 heavy (non-hydrogen) atoms. The second kappa shape index (κ2) is 10.4. The first-order valence-electron chi connectivity index (χ1n) is 11.0. The van der Waals surface area contributed by atoms with Gasteiger partial charge < -0.3 is 4.90 Å². The Kier molecular flexibility index (Phi) is 7.26. The molecular formula is C24H22ClF3N6O. The smallest absolute Gasteiger partial charge is 0.332 e. The van der Waals surface area contributed by atoms with E-state index in [0.717, 1.165) is 18.1 Å². The van der Waals surface area contributed by atoms with E-state index >= 15 is 0 Å². The van der Waals surface area contributed by atoms with Crippen LogP contribution in [-0.4, -0.2) is 53.2 Å². The van der Waals surface area contributed by atoms with Gasteiger partial charge in [0.2, 0.25) is 11.9 Å². The first kappa shape index (κ1) is 24.5. The molecule has 0 spiro atoms. The van der Waals surface area contributed by atoms with E-state index in [1.54, 1.807) is 35.2 Å². The predicted octanol–water partition coefficient (Wildman–Crippen LogP) is 4.04. The van der Waals surface area contributed by atoms with Gasteiger partial charge in [-0.3, -0.25) is 15.1 Å². The van der Waals surface area contributed by atoms with Gasteiger partial charge in [-0.25, -0.2) is 5.01 Å². The van der Waals surface area contributed by atoms with Crippen LogP contribution in [0.25, 0.3) is 0 Å². The predicted molar refractivity (Wildman–Crippen MR) is 126 cm³/mol. The highest BCUT2D eigenvalue weighted by Crippen LogP contribution is 2.32. The number of aliphatic imine (C=N–C) groups is 1. The number of benzene rings is 2. The zero-order valence-electron chi connectivity index (χ0n) is 18.6. The number of guanidine groups is 1. The lowest BCUT2D eigenvalue weighted by Gasteiger charge is -2.25. The number of nitrogens with zero attached hydrogens (tertiary/aromatic N) is 5. The van der Waals surface area contributed by atoms with Crippen LogP contribution >= 0.6 is 11.6 Å². The summed E-state index contributed by atoms with van der Waals surface area (Å²) in [5.74, 6) is 0.131. The molecule has 1 amide bonds. The molecule has 0 aromatic heterocycles. The van der Waals surface area contributed by atoms with Crippen LogP contribution in [0.1, 0.15) is 29.5 Å². The minimum Gasteiger partial charge on any atom is -0.332 e. The van der Waals surface area contributed by atoms with Crippen molar-refractivity contribution in [1.29, 1.82) is 5.26 Å². The highest BCUT2D eigenvalue weighted by atomic mass is 35.5. The maximum Gasteiger partial charge on any atom is 0.416 e. The number of carbonyl (C=O) groups is 1.